The van der Waals surface area contributed by atoms with Crippen LogP contribution in [0.5, 0.6) is 0 Å². The normalized spacial score (nSPS) is 28.7. The average Bonchev–Trinajstić information content (AvgIpc) is 4.13. The predicted octanol–water partition coefficient (Wildman–Crippen LogP) is 2.16. The number of ether oxygens (including phenoxy) is 4. The molecule has 4 spiro atoms. The summed E-state index contributed by atoms with van der Waals surface area (Å²) < 4.78 is 18.7. The van der Waals surface area contributed by atoms with Crippen LogP contribution in [0.1, 0.15) is 76.3 Å². The van der Waals surface area contributed by atoms with Crippen LogP contribution in [0.3, 0.4) is 0 Å². The molecule has 2 aromatic rings. The molecule has 4 amide bonds. The average molecular weight is 1090 g/mol. The van der Waals surface area contributed by atoms with Gasteiger partial charge in [0.05, 0.1) is 28.4 Å². The van der Waals surface area contributed by atoms with E-state index in [1.54, 1.807) is 0 Å². The van der Waals surface area contributed by atoms with Crippen LogP contribution in [0, 0.1) is 0 Å². The van der Waals surface area contributed by atoms with E-state index in [0.29, 0.717) is 65.0 Å². The molecular weight excluding hydrogens is 1030 g/mol. The quantitative estimate of drug-likeness (QED) is 0.0938. The van der Waals surface area contributed by atoms with Gasteiger partial charge < -0.3 is 40.2 Å². The molecule has 0 aromatic heterocycles. The van der Waals surface area contributed by atoms with E-state index in [1.807, 2.05) is 79.4 Å². The fraction of sp³-hybridized carbons (Fsp3) is 0.583. The van der Waals surface area contributed by atoms with Crippen LogP contribution < -0.4 is 26.6 Å². The number of hydrogen-bond acceptors (Lipinski definition) is 15. The number of esters is 4. The van der Waals surface area contributed by atoms with E-state index in [4.69, 9.17) is 9.47 Å². The van der Waals surface area contributed by atoms with Gasteiger partial charge in [-0.05, 0) is 62.5 Å². The number of nitrogens with one attached hydrogen (secondary N) is 5. The molecule has 0 saturated carbocycles. The Morgan fingerprint density at radius 1 is 0.565 bits per heavy atom. The maximum absolute atomic E-state index is 12.1. The van der Waals surface area contributed by atoms with Crippen molar-refractivity contribution in [3.63, 3.8) is 0 Å². The Bertz CT molecular complexity index is 2070. The number of methoxy groups -OCH3 is 4. The predicted molar refractivity (Wildman–Crippen MR) is 259 cm³/mol. The SMILES string of the molecule is CC.COC(=O)C(Br)CCC(Br)C(=O)OC.COC(=O)C1CCC(C(=O)OC)N1Cc1ccccc1.O=C1NCC12CCC1(CNC1=O)N2.O=C1NCC12CCC1(CNC1=O)N2Cc1ccccc1. The molecule has 0 radical (unpaired) electrons. The molecule has 8 unspecified atom stereocenters. The summed E-state index contributed by atoms with van der Waals surface area (Å²) in [6.07, 6.45) is 5.37. The van der Waals surface area contributed by atoms with Crippen molar-refractivity contribution >= 4 is 79.4 Å². The van der Waals surface area contributed by atoms with Crippen LogP contribution in [0.15, 0.2) is 60.7 Å². The Kier molecular flexibility index (Phi) is 19.3. The van der Waals surface area contributed by atoms with Gasteiger partial charge in [-0.1, -0.05) is 106 Å². The minimum atomic E-state index is -0.465. The molecule has 7 aliphatic heterocycles. The summed E-state index contributed by atoms with van der Waals surface area (Å²) in [4.78, 5) is 95.7. The van der Waals surface area contributed by atoms with Gasteiger partial charge in [0, 0.05) is 39.3 Å². The first kappa shape index (κ1) is 55.0. The molecule has 5 N–H and O–H groups in total. The molecule has 7 saturated heterocycles. The summed E-state index contributed by atoms with van der Waals surface area (Å²) >= 11 is 6.31. The first-order chi connectivity index (χ1) is 33.0. The highest BCUT2D eigenvalue weighted by atomic mass is 79.9. The van der Waals surface area contributed by atoms with E-state index >= 15 is 0 Å². The van der Waals surface area contributed by atoms with Crippen LogP contribution in [-0.4, -0.2) is 156 Å². The van der Waals surface area contributed by atoms with Crippen molar-refractivity contribution in [2.75, 3.05) is 54.6 Å². The topological polar surface area (TPSA) is 240 Å². The summed E-state index contributed by atoms with van der Waals surface area (Å²) in [7, 11) is 5.38. The number of β-lactam (4-membered cyclic amide) rings is 4. The summed E-state index contributed by atoms with van der Waals surface area (Å²) in [5.41, 5.74) is 0.432. The van der Waals surface area contributed by atoms with Crippen LogP contribution in [0.2, 0.25) is 0 Å². The standard InChI is InChI=1S/C15H17N3O2.C15H19NO4.C8H12Br2O4.C8H11N3O2.C2H6/c19-12-14(9-16-12)6-7-15(10-17-13(15)20)18(14)8-11-4-2-1-3-5-11;1-19-14(17)12-8-9-13(15(18)20-2)16(12)10-11-6-4-3-5-7-11;1-13-7(11)5(9)3-4-6(10)8(12)14-2;12-5-7(3-9-5)1-2-8(11-7)4-10-6(8)13;1-2/h1-5H,6-10H2,(H,16,19)(H,17,20);3-7,12-13H,8-10H2,1-2H3;5-6H,3-4H2,1-2H3;11H,1-4H2,(H,9,12)(H,10,13);1-2H3. The Morgan fingerprint density at radius 2 is 0.942 bits per heavy atom. The van der Waals surface area contributed by atoms with Gasteiger partial charge in [0.2, 0.25) is 23.6 Å². The van der Waals surface area contributed by atoms with Crippen LogP contribution >= 0.6 is 31.9 Å². The van der Waals surface area contributed by atoms with Gasteiger partial charge in [0.1, 0.15) is 43.9 Å². The summed E-state index contributed by atoms with van der Waals surface area (Å²) in [5, 5.41) is 14.3. The molecule has 378 valence electrons. The minimum Gasteiger partial charge on any atom is -0.468 e. The van der Waals surface area contributed by atoms with Crippen LogP contribution in [0.25, 0.3) is 0 Å². The number of hydrogen-bond donors (Lipinski definition) is 5. The van der Waals surface area contributed by atoms with Gasteiger partial charge in [-0.25, -0.2) is 0 Å². The molecule has 21 heteroatoms. The zero-order chi connectivity index (χ0) is 50.6. The highest BCUT2D eigenvalue weighted by Crippen LogP contribution is 2.47. The lowest BCUT2D eigenvalue weighted by atomic mass is 9.87. The monoisotopic (exact) mass is 1090 g/mol. The Labute approximate surface area is 419 Å². The van der Waals surface area contributed by atoms with Gasteiger partial charge >= 0.3 is 23.9 Å². The van der Waals surface area contributed by atoms with E-state index in [2.05, 4.69) is 72.8 Å². The number of halogens is 2. The zero-order valence-electron chi connectivity index (χ0n) is 40.0. The van der Waals surface area contributed by atoms with Crippen molar-refractivity contribution in [2.24, 2.45) is 0 Å². The molecule has 8 atom stereocenters. The van der Waals surface area contributed by atoms with Crippen molar-refractivity contribution in [3.8, 4) is 0 Å². The van der Waals surface area contributed by atoms with Crippen molar-refractivity contribution in [3.05, 3.63) is 71.8 Å². The molecule has 19 nitrogen and oxygen atoms in total. The maximum Gasteiger partial charge on any atom is 0.323 e. The Balaban J connectivity index is 0.000000172. The molecule has 7 fully saturated rings. The first-order valence-electron chi connectivity index (χ1n) is 23.2. The van der Waals surface area contributed by atoms with Crippen LogP contribution in [-0.2, 0) is 70.4 Å². The Hall–Kier alpha value is -4.96. The smallest absolute Gasteiger partial charge is 0.323 e. The molecule has 69 heavy (non-hydrogen) atoms. The van der Waals surface area contributed by atoms with Crippen molar-refractivity contribution in [1.82, 2.24) is 36.4 Å². The van der Waals surface area contributed by atoms with Crippen molar-refractivity contribution < 1.29 is 57.3 Å². The first-order valence-corrected chi connectivity index (χ1v) is 25.0. The zero-order valence-corrected chi connectivity index (χ0v) is 43.2. The molecule has 0 aliphatic carbocycles. The van der Waals surface area contributed by atoms with E-state index in [9.17, 15) is 38.4 Å². The highest BCUT2D eigenvalue weighted by Gasteiger charge is 2.67. The number of rotatable bonds is 11. The fourth-order valence-electron chi connectivity index (χ4n) is 9.54. The lowest BCUT2D eigenvalue weighted by molar-refractivity contribution is -0.156. The number of benzene rings is 2. The van der Waals surface area contributed by atoms with E-state index in [1.165, 1.54) is 28.4 Å². The molecule has 7 heterocycles. The highest BCUT2D eigenvalue weighted by molar-refractivity contribution is 9.10. The van der Waals surface area contributed by atoms with E-state index in [0.717, 1.165) is 36.8 Å². The lowest BCUT2D eigenvalue weighted by Gasteiger charge is -2.52. The fourth-order valence-corrected chi connectivity index (χ4v) is 10.4. The molecular formula is C48H65Br2N7O12. The third-order valence-corrected chi connectivity index (χ3v) is 15.4. The van der Waals surface area contributed by atoms with Gasteiger partial charge in [-0.2, -0.15) is 0 Å². The lowest BCUT2D eigenvalue weighted by Crippen LogP contribution is -2.79. The summed E-state index contributed by atoms with van der Waals surface area (Å²) in [5.74, 6) is -1.04. The number of amides is 4. The second-order valence-corrected chi connectivity index (χ2v) is 19.7. The number of carbonyl (C=O) groups is 8. The second-order valence-electron chi connectivity index (χ2n) is 17.5. The van der Waals surface area contributed by atoms with Gasteiger partial charge in [0.25, 0.3) is 0 Å². The van der Waals surface area contributed by atoms with E-state index in [-0.39, 0.29) is 69.2 Å². The third-order valence-electron chi connectivity index (χ3n) is 13.8. The number of nitrogens with zero attached hydrogens (tertiary/aromatic N) is 2. The maximum atomic E-state index is 12.1. The second kappa shape index (κ2) is 24.2. The number of carbonyl (C=O) groups excluding carboxylic acids is 8. The summed E-state index contributed by atoms with van der Waals surface area (Å²) in [6.45, 7) is 7.84. The van der Waals surface area contributed by atoms with Crippen molar-refractivity contribution in [1.29, 1.82) is 0 Å². The Morgan fingerprint density at radius 3 is 1.22 bits per heavy atom. The summed E-state index contributed by atoms with van der Waals surface area (Å²) in [6, 6.07) is 19.0. The molecule has 0 bridgehead atoms. The third kappa shape index (κ3) is 11.8. The number of alkyl halides is 2. The van der Waals surface area contributed by atoms with Crippen molar-refractivity contribution in [2.45, 2.75) is 122 Å². The van der Waals surface area contributed by atoms with Gasteiger partial charge in [0.15, 0.2) is 0 Å². The van der Waals surface area contributed by atoms with Crippen LogP contribution in [0.4, 0.5) is 0 Å². The van der Waals surface area contributed by atoms with Gasteiger partial charge in [-0.15, -0.1) is 0 Å². The van der Waals surface area contributed by atoms with Gasteiger partial charge in [-0.3, -0.25) is 53.5 Å². The largest absolute Gasteiger partial charge is 0.468 e. The molecule has 2 aromatic carbocycles. The molecule has 9 rings (SSSR count). The van der Waals surface area contributed by atoms with E-state index < -0.39 is 22.2 Å². The minimum absolute atomic E-state index is 0.0454. The molecule has 7 aliphatic rings. The number of likely N-dealkylation sites (tertiary alicyclic amines) is 2.